The maximum Gasteiger partial charge on any atom is 0.306 e. The first-order valence-electron chi connectivity index (χ1n) is 6.97. The molecule has 19 heavy (non-hydrogen) atoms. The van der Waals surface area contributed by atoms with Gasteiger partial charge in [0.05, 0.1) is 12.7 Å². The standard InChI is InChI=1S/C16H24O3/c1-4-14-5-7-15(8-6-14)9-10-16(17)19-12-11-18-13(2)3/h5-8,13H,4,9-12H2,1-3H3. The monoisotopic (exact) mass is 264 g/mol. The normalized spacial score (nSPS) is 10.7. The first kappa shape index (κ1) is 15.7. The van der Waals surface area contributed by atoms with E-state index in [0.717, 1.165) is 12.8 Å². The molecular formula is C16H24O3. The van der Waals surface area contributed by atoms with E-state index in [0.29, 0.717) is 19.6 Å². The summed E-state index contributed by atoms with van der Waals surface area (Å²) < 4.78 is 10.4. The highest BCUT2D eigenvalue weighted by atomic mass is 16.6. The Morgan fingerprint density at radius 2 is 1.74 bits per heavy atom. The summed E-state index contributed by atoms with van der Waals surface area (Å²) in [4.78, 5) is 11.5. The number of carbonyl (C=O) groups is 1. The molecule has 0 bridgehead atoms. The van der Waals surface area contributed by atoms with Crippen LogP contribution in [0.3, 0.4) is 0 Å². The van der Waals surface area contributed by atoms with E-state index < -0.39 is 0 Å². The number of hydrogen-bond acceptors (Lipinski definition) is 3. The van der Waals surface area contributed by atoms with Crippen molar-refractivity contribution in [3.8, 4) is 0 Å². The average molecular weight is 264 g/mol. The predicted octanol–water partition coefficient (Wildman–Crippen LogP) is 3.15. The number of benzene rings is 1. The van der Waals surface area contributed by atoms with Gasteiger partial charge in [-0.25, -0.2) is 0 Å². The molecule has 1 rings (SSSR count). The fourth-order valence-electron chi connectivity index (χ4n) is 1.70. The molecule has 0 saturated heterocycles. The molecule has 0 aliphatic rings. The first-order valence-corrected chi connectivity index (χ1v) is 6.97. The molecule has 0 unspecified atom stereocenters. The second kappa shape index (κ2) is 8.70. The highest BCUT2D eigenvalue weighted by molar-refractivity contribution is 5.69. The SMILES string of the molecule is CCc1ccc(CCC(=O)OCCOC(C)C)cc1. The first-order chi connectivity index (χ1) is 9.11. The molecule has 3 heteroatoms. The lowest BCUT2D eigenvalue weighted by molar-refractivity contribution is -0.145. The van der Waals surface area contributed by atoms with Gasteiger partial charge in [-0.05, 0) is 37.8 Å². The lowest BCUT2D eigenvalue weighted by Crippen LogP contribution is -2.13. The zero-order valence-corrected chi connectivity index (χ0v) is 12.1. The molecule has 0 fully saturated rings. The van der Waals surface area contributed by atoms with Crippen LogP contribution in [0.2, 0.25) is 0 Å². The number of ether oxygens (including phenoxy) is 2. The zero-order chi connectivity index (χ0) is 14.1. The summed E-state index contributed by atoms with van der Waals surface area (Å²) in [6.45, 7) is 6.86. The van der Waals surface area contributed by atoms with Crippen LogP contribution >= 0.6 is 0 Å². The third-order valence-corrected chi connectivity index (χ3v) is 2.85. The summed E-state index contributed by atoms with van der Waals surface area (Å²) in [5.41, 5.74) is 2.49. The Hall–Kier alpha value is -1.35. The molecule has 1 aromatic carbocycles. The van der Waals surface area contributed by atoms with Gasteiger partial charge in [0.25, 0.3) is 0 Å². The van der Waals surface area contributed by atoms with Crippen molar-refractivity contribution in [3.05, 3.63) is 35.4 Å². The van der Waals surface area contributed by atoms with E-state index in [-0.39, 0.29) is 12.1 Å². The van der Waals surface area contributed by atoms with Gasteiger partial charge < -0.3 is 9.47 Å². The van der Waals surface area contributed by atoms with E-state index in [2.05, 4.69) is 31.2 Å². The number of carbonyl (C=O) groups excluding carboxylic acids is 1. The van der Waals surface area contributed by atoms with E-state index in [1.807, 2.05) is 13.8 Å². The third kappa shape index (κ3) is 6.97. The molecule has 0 aliphatic carbocycles. The van der Waals surface area contributed by atoms with Crippen molar-refractivity contribution in [2.75, 3.05) is 13.2 Å². The maximum absolute atomic E-state index is 11.5. The summed E-state index contributed by atoms with van der Waals surface area (Å²) in [7, 11) is 0. The van der Waals surface area contributed by atoms with Crippen molar-refractivity contribution in [1.29, 1.82) is 0 Å². The molecule has 0 atom stereocenters. The fraction of sp³-hybridized carbons (Fsp3) is 0.562. The topological polar surface area (TPSA) is 35.5 Å². The molecule has 3 nitrogen and oxygen atoms in total. The van der Waals surface area contributed by atoms with Crippen LogP contribution in [0.25, 0.3) is 0 Å². The molecule has 0 spiro atoms. The molecule has 0 aliphatic heterocycles. The smallest absolute Gasteiger partial charge is 0.306 e. The van der Waals surface area contributed by atoms with Gasteiger partial charge in [0.1, 0.15) is 6.61 Å². The minimum Gasteiger partial charge on any atom is -0.463 e. The van der Waals surface area contributed by atoms with Crippen LogP contribution in [0.15, 0.2) is 24.3 Å². The quantitative estimate of drug-likeness (QED) is 0.534. The Morgan fingerprint density at radius 1 is 1.11 bits per heavy atom. The van der Waals surface area contributed by atoms with E-state index in [4.69, 9.17) is 9.47 Å². The molecule has 0 amide bonds. The van der Waals surface area contributed by atoms with E-state index in [9.17, 15) is 4.79 Å². The number of hydrogen-bond donors (Lipinski definition) is 0. The van der Waals surface area contributed by atoms with Crippen LogP contribution in [-0.2, 0) is 27.1 Å². The minimum absolute atomic E-state index is 0.160. The lowest BCUT2D eigenvalue weighted by Gasteiger charge is -2.08. The second-order valence-electron chi connectivity index (χ2n) is 4.81. The lowest BCUT2D eigenvalue weighted by atomic mass is 10.1. The van der Waals surface area contributed by atoms with Crippen LogP contribution in [0.4, 0.5) is 0 Å². The van der Waals surface area contributed by atoms with Crippen molar-refractivity contribution in [3.63, 3.8) is 0 Å². The molecule has 1 aromatic rings. The van der Waals surface area contributed by atoms with Gasteiger partial charge in [0.15, 0.2) is 0 Å². The fourth-order valence-corrected chi connectivity index (χ4v) is 1.70. The van der Waals surface area contributed by atoms with E-state index in [1.54, 1.807) is 0 Å². The average Bonchev–Trinajstić information content (AvgIpc) is 2.41. The highest BCUT2D eigenvalue weighted by Gasteiger charge is 2.04. The second-order valence-corrected chi connectivity index (χ2v) is 4.81. The summed E-state index contributed by atoms with van der Waals surface area (Å²) in [5.74, 6) is -0.160. The predicted molar refractivity (Wildman–Crippen MR) is 76.2 cm³/mol. The van der Waals surface area contributed by atoms with Crippen LogP contribution in [0.5, 0.6) is 0 Å². The summed E-state index contributed by atoms with van der Waals surface area (Å²) in [6, 6.07) is 8.37. The largest absolute Gasteiger partial charge is 0.463 e. The van der Waals surface area contributed by atoms with Gasteiger partial charge in [-0.1, -0.05) is 31.2 Å². The highest BCUT2D eigenvalue weighted by Crippen LogP contribution is 2.07. The van der Waals surface area contributed by atoms with Crippen molar-refractivity contribution >= 4 is 5.97 Å². The number of rotatable bonds is 8. The van der Waals surface area contributed by atoms with Gasteiger partial charge >= 0.3 is 5.97 Å². The molecule has 106 valence electrons. The van der Waals surface area contributed by atoms with Crippen LogP contribution in [0, 0.1) is 0 Å². The van der Waals surface area contributed by atoms with E-state index >= 15 is 0 Å². The molecule has 0 saturated carbocycles. The Morgan fingerprint density at radius 3 is 2.32 bits per heavy atom. The Bertz CT molecular complexity index is 368. The van der Waals surface area contributed by atoms with Crippen molar-refractivity contribution in [1.82, 2.24) is 0 Å². The van der Waals surface area contributed by atoms with Gasteiger partial charge in [0.2, 0.25) is 0 Å². The van der Waals surface area contributed by atoms with Gasteiger partial charge in [-0.3, -0.25) is 4.79 Å². The molecule has 0 radical (unpaired) electrons. The number of esters is 1. The minimum atomic E-state index is -0.160. The Balaban J connectivity index is 2.18. The van der Waals surface area contributed by atoms with Crippen LogP contribution < -0.4 is 0 Å². The Labute approximate surface area is 115 Å². The molecule has 0 aromatic heterocycles. The molecule has 0 heterocycles. The van der Waals surface area contributed by atoms with Crippen molar-refractivity contribution in [2.24, 2.45) is 0 Å². The van der Waals surface area contributed by atoms with Crippen LogP contribution in [-0.4, -0.2) is 25.3 Å². The van der Waals surface area contributed by atoms with Gasteiger partial charge in [0, 0.05) is 6.42 Å². The summed E-state index contributed by atoms with van der Waals surface area (Å²) >= 11 is 0. The van der Waals surface area contributed by atoms with Gasteiger partial charge in [-0.15, -0.1) is 0 Å². The summed E-state index contributed by atoms with van der Waals surface area (Å²) in [5, 5.41) is 0. The number of aryl methyl sites for hydroxylation is 2. The third-order valence-electron chi connectivity index (χ3n) is 2.85. The van der Waals surface area contributed by atoms with E-state index in [1.165, 1.54) is 11.1 Å². The maximum atomic E-state index is 11.5. The molecule has 0 N–H and O–H groups in total. The zero-order valence-electron chi connectivity index (χ0n) is 12.1. The van der Waals surface area contributed by atoms with Crippen LogP contribution in [0.1, 0.15) is 38.3 Å². The molecular weight excluding hydrogens is 240 g/mol. The van der Waals surface area contributed by atoms with Gasteiger partial charge in [-0.2, -0.15) is 0 Å². The van der Waals surface area contributed by atoms with Crippen molar-refractivity contribution in [2.45, 2.75) is 46.1 Å². The Kier molecular flexibility index (Phi) is 7.19. The van der Waals surface area contributed by atoms with Crippen molar-refractivity contribution < 1.29 is 14.3 Å². The summed E-state index contributed by atoms with van der Waals surface area (Å²) in [6.07, 6.45) is 2.37.